The Kier molecular flexibility index (Phi) is 17.6. The van der Waals surface area contributed by atoms with Gasteiger partial charge in [-0.15, -0.1) is 0 Å². The summed E-state index contributed by atoms with van der Waals surface area (Å²) in [5, 5.41) is 0. The summed E-state index contributed by atoms with van der Waals surface area (Å²) in [5.74, 6) is -7.99. The van der Waals surface area contributed by atoms with Gasteiger partial charge in [-0.1, -0.05) is 74.5 Å². The van der Waals surface area contributed by atoms with E-state index >= 15 is 9.59 Å². The molecule has 7 rings (SSSR count). The van der Waals surface area contributed by atoms with Crippen molar-refractivity contribution in [3.63, 3.8) is 0 Å². The van der Waals surface area contributed by atoms with Gasteiger partial charge in [-0.2, -0.15) is 0 Å². The minimum atomic E-state index is -1.53. The van der Waals surface area contributed by atoms with Gasteiger partial charge >= 0.3 is 23.9 Å². The zero-order valence-corrected chi connectivity index (χ0v) is 39.0. The monoisotopic (exact) mass is 930 g/mol. The average molecular weight is 931 g/mol. The van der Waals surface area contributed by atoms with Gasteiger partial charge in [-0.05, 0) is 124 Å². The fourth-order valence-corrected chi connectivity index (χ4v) is 9.37. The van der Waals surface area contributed by atoms with Crippen LogP contribution in [0.25, 0.3) is 0 Å². The smallest absolute Gasteiger partial charge is 0.344 e. The molecular weight excluding hydrogens is 869 g/mol. The van der Waals surface area contributed by atoms with Crippen LogP contribution in [0, 0.1) is 23.7 Å². The topological polar surface area (TPSA) is 164 Å². The highest BCUT2D eigenvalue weighted by Crippen LogP contribution is 2.50. The Hall–Kier alpha value is -6.70. The second kappa shape index (κ2) is 24.4. The van der Waals surface area contributed by atoms with Gasteiger partial charge in [0, 0.05) is 26.2 Å². The number of benzene rings is 4. The van der Waals surface area contributed by atoms with Crippen LogP contribution in [0.15, 0.2) is 109 Å². The van der Waals surface area contributed by atoms with Crippen molar-refractivity contribution in [3.8, 4) is 23.0 Å². The molecule has 14 heteroatoms. The summed E-state index contributed by atoms with van der Waals surface area (Å²) >= 11 is 0. The summed E-state index contributed by atoms with van der Waals surface area (Å²) in [4.78, 5) is 88.1. The summed E-state index contributed by atoms with van der Waals surface area (Å²) in [6.07, 6.45) is 6.98. The van der Waals surface area contributed by atoms with Crippen molar-refractivity contribution in [3.05, 3.63) is 120 Å². The van der Waals surface area contributed by atoms with E-state index < -0.39 is 72.6 Å². The van der Waals surface area contributed by atoms with Gasteiger partial charge in [0.05, 0.1) is 23.7 Å². The highest BCUT2D eigenvalue weighted by molar-refractivity contribution is 6.01. The molecule has 4 aromatic carbocycles. The van der Waals surface area contributed by atoms with Gasteiger partial charge in [0.1, 0.15) is 35.2 Å². The minimum Gasteiger partial charge on any atom is -0.460 e. The lowest BCUT2D eigenvalue weighted by molar-refractivity contribution is -0.195. The minimum absolute atomic E-state index is 0.114. The van der Waals surface area contributed by atoms with E-state index in [2.05, 4.69) is 0 Å². The third-order valence-corrected chi connectivity index (χ3v) is 12.7. The molecule has 0 heterocycles. The molecule has 360 valence electrons. The molecule has 4 atom stereocenters. The molecule has 0 radical (unpaired) electrons. The van der Waals surface area contributed by atoms with Crippen molar-refractivity contribution in [2.75, 3.05) is 26.3 Å². The van der Waals surface area contributed by atoms with E-state index in [0.717, 1.165) is 36.8 Å². The fourth-order valence-electron chi connectivity index (χ4n) is 9.37. The number of carbonyl (C=O) groups excluding carboxylic acids is 6. The van der Waals surface area contributed by atoms with Crippen LogP contribution in [0.2, 0.25) is 0 Å². The number of ether oxygens (including phenoxy) is 6. The molecule has 3 aliphatic rings. The van der Waals surface area contributed by atoms with Crippen molar-refractivity contribution < 1.29 is 57.2 Å². The van der Waals surface area contributed by atoms with E-state index in [4.69, 9.17) is 28.4 Å². The van der Waals surface area contributed by atoms with Crippen molar-refractivity contribution in [1.29, 1.82) is 0 Å². The maximum Gasteiger partial charge on any atom is 0.344 e. The van der Waals surface area contributed by atoms with Crippen LogP contribution in [0.4, 0.5) is 0 Å². The van der Waals surface area contributed by atoms with Crippen molar-refractivity contribution in [2.24, 2.45) is 23.7 Å². The Morgan fingerprint density at radius 2 is 0.794 bits per heavy atom. The maximum absolute atomic E-state index is 15.2. The molecule has 3 aliphatic carbocycles. The van der Waals surface area contributed by atoms with E-state index in [1.54, 1.807) is 34.1 Å². The first-order chi connectivity index (χ1) is 33.1. The molecule has 0 aliphatic heterocycles. The first-order valence-electron chi connectivity index (χ1n) is 24.0. The predicted octanol–water partition coefficient (Wildman–Crippen LogP) is 8.99. The standard InChI is InChI=1S/C54H62N2O12/c1-3-31-55(33-37-23-27-43(28-24-37)65-39-15-7-5-8-16-39)51(59)47-48(52(60)56(32-4-2)34-38-25-29-44(30-26-38)66-40-17-9-6-10-18-40)50(54(62)64-36-46(58)68-42-21-13-14-22-42)49(47)53(61)63-35-45(57)67-41-19-11-12-20-41/h5-10,15-18,23-30,41-42,47-50H,3-4,11-14,19-22,31-36H2,1-2H3/t47-,48-,49-,50-/m1/s1. The number of esters is 4. The summed E-state index contributed by atoms with van der Waals surface area (Å²) in [6.45, 7) is 3.06. The van der Waals surface area contributed by atoms with Gasteiger partial charge < -0.3 is 38.2 Å². The van der Waals surface area contributed by atoms with Crippen LogP contribution in [0.5, 0.6) is 23.0 Å². The Labute approximate surface area is 398 Å². The van der Waals surface area contributed by atoms with Crippen LogP contribution >= 0.6 is 0 Å². The highest BCUT2D eigenvalue weighted by atomic mass is 16.6. The molecule has 0 saturated heterocycles. The zero-order valence-electron chi connectivity index (χ0n) is 39.0. The van der Waals surface area contributed by atoms with Crippen molar-refractivity contribution in [2.45, 2.75) is 103 Å². The molecule has 0 aromatic heterocycles. The lowest BCUT2D eigenvalue weighted by Crippen LogP contribution is -2.65. The molecule has 0 unspecified atom stereocenters. The fraction of sp³-hybridized carbons (Fsp3) is 0.444. The number of para-hydroxylation sites is 2. The molecule has 0 N–H and O–H groups in total. The van der Waals surface area contributed by atoms with E-state index in [-0.39, 0.29) is 38.4 Å². The Bertz CT molecular complexity index is 2130. The second-order valence-electron chi connectivity index (χ2n) is 17.7. The normalized spacial score (nSPS) is 19.0. The Morgan fingerprint density at radius 3 is 1.13 bits per heavy atom. The van der Waals surface area contributed by atoms with E-state index in [9.17, 15) is 19.2 Å². The number of amides is 2. The van der Waals surface area contributed by atoms with Crippen LogP contribution in [0.1, 0.15) is 89.2 Å². The van der Waals surface area contributed by atoms with Gasteiger partial charge in [-0.25, -0.2) is 9.59 Å². The molecular formula is C54H62N2O12. The van der Waals surface area contributed by atoms with Crippen molar-refractivity contribution >= 4 is 35.7 Å². The Morgan fingerprint density at radius 1 is 0.456 bits per heavy atom. The first-order valence-corrected chi connectivity index (χ1v) is 24.0. The van der Waals surface area contributed by atoms with Gasteiger partial charge in [0.2, 0.25) is 11.8 Å². The lowest BCUT2D eigenvalue weighted by Gasteiger charge is -2.49. The average Bonchev–Trinajstić information content (AvgIpc) is 4.06. The SMILES string of the molecule is CCCN(Cc1ccc(Oc2ccccc2)cc1)C(=O)[C@H]1[C@@H](C(=O)OCC(=O)OC2CCCC2)[C@H](C(=O)OCC(=O)OC2CCCC2)[C@@H]1C(=O)N(CCC)Cc1ccc(Oc2ccccc2)cc1. The number of hydrogen-bond donors (Lipinski definition) is 0. The van der Waals surface area contributed by atoms with Crippen LogP contribution in [-0.2, 0) is 60.8 Å². The molecule has 3 fully saturated rings. The molecule has 3 saturated carbocycles. The number of hydrogen-bond acceptors (Lipinski definition) is 12. The number of nitrogens with zero attached hydrogens (tertiary/aromatic N) is 2. The summed E-state index contributed by atoms with van der Waals surface area (Å²) in [7, 11) is 0. The van der Waals surface area contributed by atoms with Gasteiger partial charge in [0.15, 0.2) is 13.2 Å². The zero-order chi connectivity index (χ0) is 47.8. The molecule has 4 aromatic rings. The second-order valence-corrected chi connectivity index (χ2v) is 17.7. The molecule has 2 amide bonds. The Balaban J connectivity index is 1.17. The van der Waals surface area contributed by atoms with Gasteiger partial charge in [-0.3, -0.25) is 19.2 Å². The highest BCUT2D eigenvalue weighted by Gasteiger charge is 2.65. The summed E-state index contributed by atoms with van der Waals surface area (Å²) < 4.78 is 34.2. The quantitative estimate of drug-likeness (QED) is 0.0544. The first kappa shape index (κ1) is 49.2. The van der Waals surface area contributed by atoms with Crippen LogP contribution < -0.4 is 9.47 Å². The lowest BCUT2D eigenvalue weighted by atomic mass is 9.55. The van der Waals surface area contributed by atoms with Crippen LogP contribution in [0.3, 0.4) is 0 Å². The number of carbonyl (C=O) groups is 6. The molecule has 0 bridgehead atoms. The summed E-state index contributed by atoms with van der Waals surface area (Å²) in [6, 6.07) is 33.2. The van der Waals surface area contributed by atoms with Crippen molar-refractivity contribution in [1.82, 2.24) is 9.80 Å². The third-order valence-electron chi connectivity index (χ3n) is 12.7. The summed E-state index contributed by atoms with van der Waals surface area (Å²) in [5.41, 5.74) is 1.51. The van der Waals surface area contributed by atoms with Gasteiger partial charge in [0.25, 0.3) is 0 Å². The van der Waals surface area contributed by atoms with E-state index in [1.165, 1.54) is 0 Å². The number of rotatable bonds is 22. The van der Waals surface area contributed by atoms with E-state index in [0.29, 0.717) is 61.5 Å². The predicted molar refractivity (Wildman–Crippen MR) is 250 cm³/mol. The largest absolute Gasteiger partial charge is 0.460 e. The third kappa shape index (κ3) is 13.3. The van der Waals surface area contributed by atoms with Crippen LogP contribution in [-0.4, -0.2) is 84.0 Å². The molecule has 0 spiro atoms. The van der Waals surface area contributed by atoms with E-state index in [1.807, 2.05) is 98.8 Å². The molecule has 68 heavy (non-hydrogen) atoms. The maximum atomic E-state index is 15.2. The molecule has 14 nitrogen and oxygen atoms in total.